The van der Waals surface area contributed by atoms with Crippen molar-refractivity contribution in [3.05, 3.63) is 59.7 Å². The van der Waals surface area contributed by atoms with Crippen molar-refractivity contribution in [3.8, 4) is 0 Å². The zero-order chi connectivity index (χ0) is 13.5. The smallest absolute Gasteiger partial charge is 0.114 e. The molecule has 4 aromatic rings. The van der Waals surface area contributed by atoms with E-state index in [-0.39, 0.29) is 458 Å². The third-order valence-electron chi connectivity index (χ3n) is 3.40. The van der Waals surface area contributed by atoms with Crippen LogP contribution in [0.4, 0.5) is 0 Å². The third-order valence-corrected chi connectivity index (χ3v) is 3.40. The van der Waals surface area contributed by atoms with E-state index in [1.807, 2.05) is 24.3 Å². The minimum atomic E-state index is 0. The van der Waals surface area contributed by atoms with Crippen molar-refractivity contribution in [2.24, 2.45) is 0 Å². The molecule has 0 aliphatic heterocycles. The van der Waals surface area contributed by atoms with E-state index < -0.39 is 0 Å². The van der Waals surface area contributed by atoms with Crippen LogP contribution in [-0.2, 0) is 464 Å². The van der Waals surface area contributed by atoms with Crippen molar-refractivity contribution >= 4 is 22.1 Å². The molecular weight excluding hydrogens is 1490 g/mol. The Morgan fingerprint density at radius 2 is 1.09 bits per heavy atom. The first-order chi connectivity index (χ1) is 9.78. The average molecular weight is 1510 g/mol. The minimum absolute atomic E-state index is 0. The molecule has 18 heteroatoms. The van der Waals surface area contributed by atoms with Crippen molar-refractivity contribution in [2.45, 2.75) is 13.3 Å². The molecule has 14 radical (unpaired) electrons. The molecule has 0 aliphatic rings. The van der Waals surface area contributed by atoms with Crippen LogP contribution in [-0.4, -0.2) is 19.9 Å². The molecule has 0 saturated heterocycles. The zero-order valence-electron chi connectivity index (χ0n) is 19.1. The van der Waals surface area contributed by atoms with Crippen LogP contribution in [0.1, 0.15) is 17.2 Å². The summed E-state index contributed by atoms with van der Waals surface area (Å²) in [4.78, 5) is 15.8. The van der Waals surface area contributed by atoms with E-state index in [4.69, 9.17) is 0 Å². The summed E-state index contributed by atoms with van der Waals surface area (Å²) in [5, 5.41) is 0. The molecule has 0 spiro atoms. The predicted octanol–water partition coefficient (Wildman–Crippen LogP) is 3.10. The summed E-state index contributed by atoms with van der Waals surface area (Å²) in [5.74, 6) is 1.84. The molecule has 0 fully saturated rings. The average Bonchev–Trinajstić information content (AvgIpc) is 3.00. The van der Waals surface area contributed by atoms with Crippen LogP contribution in [0.2, 0.25) is 0 Å². The normalized spacial score (nSPS) is 6.74. The number of nitrogens with one attached hydrogen (secondary N) is 2. The third kappa shape index (κ3) is 26.7. The molecular formula is C16H13N4Y14-. The summed E-state index contributed by atoms with van der Waals surface area (Å²) in [5.41, 5.74) is 5.27. The van der Waals surface area contributed by atoms with Crippen LogP contribution in [0.15, 0.2) is 36.4 Å². The van der Waals surface area contributed by atoms with Crippen LogP contribution in [0.3, 0.4) is 0 Å². The molecule has 0 amide bonds. The van der Waals surface area contributed by atoms with Gasteiger partial charge in [-0.1, -0.05) is 6.07 Å². The molecule has 0 unspecified atom stereocenters. The van der Waals surface area contributed by atoms with Gasteiger partial charge in [0.25, 0.3) is 0 Å². The van der Waals surface area contributed by atoms with E-state index in [9.17, 15) is 0 Å². The molecule has 2 aromatic carbocycles. The maximum absolute atomic E-state index is 4.60. The number of aromatic nitrogens is 4. The van der Waals surface area contributed by atoms with Gasteiger partial charge in [0.1, 0.15) is 5.82 Å². The van der Waals surface area contributed by atoms with E-state index in [0.29, 0.717) is 6.42 Å². The molecule has 4 rings (SSSR count). The number of H-pyrrole nitrogens is 2. The largest absolute Gasteiger partial charge is 0.365 e. The summed E-state index contributed by atoms with van der Waals surface area (Å²) in [6, 6.07) is 15.0. The van der Waals surface area contributed by atoms with Crippen molar-refractivity contribution in [2.75, 3.05) is 0 Å². The number of aromatic amines is 2. The van der Waals surface area contributed by atoms with Gasteiger partial charge in [-0.2, -0.15) is 12.1 Å². The molecule has 2 heterocycles. The van der Waals surface area contributed by atoms with Gasteiger partial charge in [-0.25, -0.2) is 4.98 Å². The monoisotopic (exact) mass is 1510 g/mol. The Labute approximate surface area is 555 Å². The Morgan fingerprint density at radius 3 is 1.59 bits per heavy atom. The maximum Gasteiger partial charge on any atom is 0.114 e. The molecule has 4 nitrogen and oxygen atoms in total. The second-order valence-corrected chi connectivity index (χ2v) is 5.01. The standard InChI is InChI=1S/C16H13N4.14Y/c1-10-6-7-13-14(8-10)20-16(19-13)9-15-17-11-4-2-3-5-12(11)18-15;;;;;;;;;;;;;;/h2,4-8H,9H2,1H3,(H,17,18)(H,19,20);;;;;;;;;;;;;;/q-1;;;;;;;;;;;;;;. The van der Waals surface area contributed by atoms with Crippen LogP contribution >= 0.6 is 0 Å². The van der Waals surface area contributed by atoms with Gasteiger partial charge < -0.3 is 9.97 Å². The fraction of sp³-hybridized carbons (Fsp3) is 0.125. The van der Waals surface area contributed by atoms with E-state index in [2.05, 4.69) is 45.1 Å². The fourth-order valence-electron chi connectivity index (χ4n) is 2.45. The van der Waals surface area contributed by atoms with Gasteiger partial charge in [-0.15, -0.1) is 12.1 Å². The summed E-state index contributed by atoms with van der Waals surface area (Å²) in [6.07, 6.45) is 0.669. The molecule has 0 aliphatic carbocycles. The number of imidazole rings is 2. The molecule has 34 heavy (non-hydrogen) atoms. The first kappa shape index (κ1) is 76.6. The molecule has 2 aromatic heterocycles. The van der Waals surface area contributed by atoms with Crippen LogP contribution in [0, 0.1) is 13.0 Å². The fourth-order valence-corrected chi connectivity index (χ4v) is 2.45. The first-order valence-corrected chi connectivity index (χ1v) is 6.58. The summed E-state index contributed by atoms with van der Waals surface area (Å²) < 4.78 is 0. The SMILES string of the molecule is Cc1ccc2nc(Cc3nc4c[c-]ccc4[nH]3)[nH]c2c1.[Y].[Y].[Y].[Y].[Y].[Y].[Y].[Y].[Y].[Y].[Y].[Y].[Y].[Y]. The Morgan fingerprint density at radius 1 is 0.618 bits per heavy atom. The van der Waals surface area contributed by atoms with E-state index in [1.54, 1.807) is 0 Å². The summed E-state index contributed by atoms with van der Waals surface area (Å²) in [6.45, 7) is 2.08. The van der Waals surface area contributed by atoms with Crippen LogP contribution < -0.4 is 0 Å². The van der Waals surface area contributed by atoms with Crippen molar-refractivity contribution < 1.29 is 458 Å². The number of nitrogens with zero attached hydrogens (tertiary/aromatic N) is 2. The number of benzene rings is 2. The Hall–Kier alpha value is 12.8. The zero-order valence-corrected chi connectivity index (χ0v) is 58.9. The van der Waals surface area contributed by atoms with Gasteiger partial charge in [-0.05, 0) is 35.7 Å². The van der Waals surface area contributed by atoms with Gasteiger partial charge in [0.15, 0.2) is 0 Å². The summed E-state index contributed by atoms with van der Waals surface area (Å²) in [7, 11) is 0. The topological polar surface area (TPSA) is 57.4 Å². The Kier molecular flexibility index (Phi) is 98.8. The molecule has 0 bridgehead atoms. The maximum atomic E-state index is 4.60. The number of fused-ring (bicyclic) bond motifs is 2. The second kappa shape index (κ2) is 43.9. The molecule has 2 N–H and O–H groups in total. The molecule has 0 saturated carbocycles. The second-order valence-electron chi connectivity index (χ2n) is 5.01. The number of aryl methyl sites for hydroxylation is 1. The predicted molar refractivity (Wildman–Crippen MR) is 78.6 cm³/mol. The van der Waals surface area contributed by atoms with Crippen molar-refractivity contribution in [3.63, 3.8) is 0 Å². The van der Waals surface area contributed by atoms with Gasteiger partial charge >= 0.3 is 0 Å². The molecule has 0 atom stereocenters. The van der Waals surface area contributed by atoms with Gasteiger partial charge in [0.2, 0.25) is 0 Å². The van der Waals surface area contributed by atoms with Gasteiger partial charge in [0, 0.05) is 458 Å². The van der Waals surface area contributed by atoms with E-state index in [0.717, 1.165) is 33.7 Å². The minimum Gasteiger partial charge on any atom is -0.365 e. The van der Waals surface area contributed by atoms with Gasteiger partial charge in [-0.3, -0.25) is 4.98 Å². The molecule has 140 valence electrons. The quantitative estimate of drug-likeness (QED) is 0.304. The number of hydrogen-bond acceptors (Lipinski definition) is 2. The van der Waals surface area contributed by atoms with E-state index >= 15 is 0 Å². The van der Waals surface area contributed by atoms with E-state index in [1.165, 1.54) is 5.56 Å². The van der Waals surface area contributed by atoms with Crippen LogP contribution in [0.5, 0.6) is 0 Å². The van der Waals surface area contributed by atoms with Crippen molar-refractivity contribution in [1.29, 1.82) is 0 Å². The Bertz CT molecular complexity index is 901. The Balaban J connectivity index is -0.0000000420. The summed E-state index contributed by atoms with van der Waals surface area (Å²) >= 11 is 0. The van der Waals surface area contributed by atoms with Gasteiger partial charge in [0.05, 0.1) is 23.3 Å². The number of hydrogen-bond donors (Lipinski definition) is 2. The first-order valence-electron chi connectivity index (χ1n) is 6.58. The van der Waals surface area contributed by atoms with Crippen molar-refractivity contribution in [1.82, 2.24) is 19.9 Å². The number of rotatable bonds is 2. The van der Waals surface area contributed by atoms with Crippen LogP contribution in [0.25, 0.3) is 22.1 Å².